The lowest BCUT2D eigenvalue weighted by Crippen LogP contribution is -2.36. The van der Waals surface area contributed by atoms with Gasteiger partial charge in [0, 0.05) is 5.69 Å². The number of aryl methyl sites for hydroxylation is 4. The second-order valence-electron chi connectivity index (χ2n) is 7.38. The van der Waals surface area contributed by atoms with Gasteiger partial charge in [-0.15, -0.1) is 0 Å². The summed E-state index contributed by atoms with van der Waals surface area (Å²) in [5.41, 5.74) is 11.6. The van der Waals surface area contributed by atoms with Crippen molar-refractivity contribution in [2.45, 2.75) is 27.7 Å². The average molecular weight is 438 g/mol. The van der Waals surface area contributed by atoms with Gasteiger partial charge in [-0.1, -0.05) is 36.4 Å². The van der Waals surface area contributed by atoms with Crippen molar-refractivity contribution >= 4 is 52.1 Å². The third kappa shape index (κ3) is 4.17. The molecule has 1 atom stereocenters. The Morgan fingerprint density at radius 2 is 1.52 bits per heavy atom. The van der Waals surface area contributed by atoms with E-state index in [1.807, 2.05) is 38.1 Å². The van der Waals surface area contributed by atoms with Gasteiger partial charge in [0.15, 0.2) is 11.0 Å². The first kappa shape index (κ1) is 22.1. The number of imide groups is 1. The number of para-hydroxylation sites is 2. The number of hydrogen-bond acceptors (Lipinski definition) is 5. The van der Waals surface area contributed by atoms with Crippen LogP contribution in [0, 0.1) is 33.6 Å². The minimum absolute atomic E-state index is 0.188. The summed E-state index contributed by atoms with van der Waals surface area (Å²) in [6, 6.07) is 11.0. The minimum atomic E-state index is -1.45. The molecule has 3 rings (SSSR count). The van der Waals surface area contributed by atoms with Gasteiger partial charge in [-0.3, -0.25) is 19.8 Å². The Kier molecular flexibility index (Phi) is 6.16. The molecule has 1 fully saturated rings. The van der Waals surface area contributed by atoms with Gasteiger partial charge in [0.25, 0.3) is 11.8 Å². The standard InChI is InChI=1S/C22H23N5O3S/c1-11-7-5-8-12(2)16(11)24-19(28)15-17(25-26-22(23)31)21(30)27(20(15)29)18-13(3)9-6-10-14(18)4/h5-10,15H,1-4H3,(H,24,28)(H3,23,26,31)/b25-17-. The molecule has 0 aliphatic carbocycles. The molecule has 0 radical (unpaired) electrons. The predicted octanol–water partition coefficient (Wildman–Crippen LogP) is 2.24. The summed E-state index contributed by atoms with van der Waals surface area (Å²) < 4.78 is 0. The van der Waals surface area contributed by atoms with E-state index in [9.17, 15) is 14.4 Å². The van der Waals surface area contributed by atoms with Gasteiger partial charge >= 0.3 is 0 Å². The number of benzene rings is 2. The van der Waals surface area contributed by atoms with Crippen molar-refractivity contribution in [3.05, 3.63) is 58.7 Å². The second-order valence-corrected chi connectivity index (χ2v) is 7.82. The van der Waals surface area contributed by atoms with E-state index >= 15 is 0 Å². The molecule has 0 aromatic heterocycles. The van der Waals surface area contributed by atoms with Crippen LogP contribution in [0.25, 0.3) is 0 Å². The summed E-state index contributed by atoms with van der Waals surface area (Å²) in [5.74, 6) is -3.50. The van der Waals surface area contributed by atoms with Crippen molar-refractivity contribution in [2.75, 3.05) is 10.2 Å². The van der Waals surface area contributed by atoms with E-state index in [0.717, 1.165) is 27.2 Å². The van der Waals surface area contributed by atoms with Crippen LogP contribution < -0.4 is 21.4 Å². The number of anilines is 2. The van der Waals surface area contributed by atoms with Gasteiger partial charge < -0.3 is 11.1 Å². The van der Waals surface area contributed by atoms with Crippen molar-refractivity contribution in [1.82, 2.24) is 5.43 Å². The number of rotatable bonds is 4. The fraction of sp³-hybridized carbons (Fsp3) is 0.227. The summed E-state index contributed by atoms with van der Waals surface area (Å²) in [7, 11) is 0. The molecule has 31 heavy (non-hydrogen) atoms. The molecular formula is C22H23N5O3S. The molecule has 9 heteroatoms. The summed E-state index contributed by atoms with van der Waals surface area (Å²) in [6.45, 7) is 7.27. The Bertz CT molecular complexity index is 1100. The van der Waals surface area contributed by atoms with Crippen LogP contribution >= 0.6 is 12.2 Å². The molecule has 0 spiro atoms. The first-order valence-electron chi connectivity index (χ1n) is 9.58. The normalized spacial score (nSPS) is 17.2. The SMILES string of the molecule is Cc1cccc(C)c1NC(=O)C1C(=O)N(c2c(C)cccc2C)C(=O)/C1=N\NC(N)=S. The van der Waals surface area contributed by atoms with E-state index in [-0.39, 0.29) is 10.8 Å². The third-order valence-corrected chi connectivity index (χ3v) is 5.20. The smallest absolute Gasteiger partial charge is 0.282 e. The molecule has 1 unspecified atom stereocenters. The van der Waals surface area contributed by atoms with Crippen molar-refractivity contribution in [3.8, 4) is 0 Å². The lowest BCUT2D eigenvalue weighted by atomic mass is 10.0. The molecule has 2 aromatic carbocycles. The summed E-state index contributed by atoms with van der Waals surface area (Å²) in [4.78, 5) is 40.7. The molecule has 3 amide bonds. The molecule has 1 aliphatic rings. The Morgan fingerprint density at radius 3 is 2.03 bits per heavy atom. The monoisotopic (exact) mass is 437 g/mol. The Balaban J connectivity index is 2.07. The fourth-order valence-electron chi connectivity index (χ4n) is 3.63. The Hall–Kier alpha value is -3.59. The first-order valence-corrected chi connectivity index (χ1v) is 9.99. The van der Waals surface area contributed by atoms with Crippen molar-refractivity contribution in [1.29, 1.82) is 0 Å². The van der Waals surface area contributed by atoms with E-state index in [1.54, 1.807) is 26.0 Å². The summed E-state index contributed by atoms with van der Waals surface area (Å²) in [6.07, 6.45) is 0. The fourth-order valence-corrected chi connectivity index (χ4v) is 3.67. The van der Waals surface area contributed by atoms with Crippen LogP contribution in [0.15, 0.2) is 41.5 Å². The molecule has 4 N–H and O–H groups in total. The van der Waals surface area contributed by atoms with E-state index in [4.69, 9.17) is 18.0 Å². The first-order chi connectivity index (χ1) is 14.6. The van der Waals surface area contributed by atoms with E-state index in [1.165, 1.54) is 0 Å². The molecule has 1 aliphatic heterocycles. The van der Waals surface area contributed by atoms with Crippen LogP contribution in [0.2, 0.25) is 0 Å². The maximum absolute atomic E-state index is 13.3. The Labute approximate surface area is 185 Å². The number of nitrogens with two attached hydrogens (primary N) is 1. The zero-order valence-corrected chi connectivity index (χ0v) is 18.5. The van der Waals surface area contributed by atoms with Crippen LogP contribution in [0.5, 0.6) is 0 Å². The minimum Gasteiger partial charge on any atom is -0.375 e. The number of nitrogens with zero attached hydrogens (tertiary/aromatic N) is 2. The van der Waals surface area contributed by atoms with Gasteiger partial charge in [0.05, 0.1) is 5.69 Å². The van der Waals surface area contributed by atoms with Gasteiger partial charge in [0.1, 0.15) is 5.71 Å². The van der Waals surface area contributed by atoms with Gasteiger partial charge in [0.2, 0.25) is 5.91 Å². The molecule has 1 saturated heterocycles. The van der Waals surface area contributed by atoms with Gasteiger partial charge in [-0.25, -0.2) is 4.90 Å². The molecule has 160 valence electrons. The van der Waals surface area contributed by atoms with Crippen LogP contribution in [-0.4, -0.2) is 28.5 Å². The van der Waals surface area contributed by atoms with Gasteiger partial charge in [-0.2, -0.15) is 5.10 Å². The average Bonchev–Trinajstić information content (AvgIpc) is 2.93. The highest BCUT2D eigenvalue weighted by atomic mass is 32.1. The van der Waals surface area contributed by atoms with E-state index in [0.29, 0.717) is 11.4 Å². The van der Waals surface area contributed by atoms with E-state index in [2.05, 4.69) is 15.8 Å². The van der Waals surface area contributed by atoms with Crippen molar-refractivity contribution in [2.24, 2.45) is 16.8 Å². The lowest BCUT2D eigenvalue weighted by molar-refractivity contribution is -0.127. The molecular weight excluding hydrogens is 414 g/mol. The number of thiocarbonyl (C=S) groups is 1. The second kappa shape index (κ2) is 8.65. The van der Waals surface area contributed by atoms with Crippen molar-refractivity contribution in [3.63, 3.8) is 0 Å². The van der Waals surface area contributed by atoms with Crippen LogP contribution in [-0.2, 0) is 14.4 Å². The lowest BCUT2D eigenvalue weighted by Gasteiger charge is -2.19. The Morgan fingerprint density at radius 1 is 1.00 bits per heavy atom. The number of amides is 3. The predicted molar refractivity (Wildman–Crippen MR) is 124 cm³/mol. The van der Waals surface area contributed by atoms with Crippen LogP contribution in [0.4, 0.5) is 11.4 Å². The van der Waals surface area contributed by atoms with Crippen LogP contribution in [0.3, 0.4) is 0 Å². The number of carbonyl (C=O) groups is 3. The number of nitrogens with one attached hydrogen (secondary N) is 2. The number of hydrogen-bond donors (Lipinski definition) is 3. The largest absolute Gasteiger partial charge is 0.375 e. The van der Waals surface area contributed by atoms with Crippen molar-refractivity contribution < 1.29 is 14.4 Å². The number of hydrazone groups is 1. The number of carbonyl (C=O) groups excluding carboxylic acids is 3. The summed E-state index contributed by atoms with van der Waals surface area (Å²) >= 11 is 4.76. The molecule has 2 aromatic rings. The zero-order valence-electron chi connectivity index (χ0n) is 17.6. The quantitative estimate of drug-likeness (QED) is 0.292. The van der Waals surface area contributed by atoms with Gasteiger partial charge in [-0.05, 0) is 62.2 Å². The topological polar surface area (TPSA) is 117 Å². The third-order valence-electron chi connectivity index (χ3n) is 5.10. The highest BCUT2D eigenvalue weighted by Gasteiger charge is 2.50. The van der Waals surface area contributed by atoms with Crippen LogP contribution in [0.1, 0.15) is 22.3 Å². The maximum atomic E-state index is 13.3. The summed E-state index contributed by atoms with van der Waals surface area (Å²) in [5, 5.41) is 6.50. The highest BCUT2D eigenvalue weighted by molar-refractivity contribution is 7.80. The maximum Gasteiger partial charge on any atom is 0.282 e. The highest BCUT2D eigenvalue weighted by Crippen LogP contribution is 2.32. The zero-order chi connectivity index (χ0) is 22.9. The molecule has 0 saturated carbocycles. The molecule has 1 heterocycles. The molecule has 8 nitrogen and oxygen atoms in total. The molecule has 0 bridgehead atoms. The van der Waals surface area contributed by atoms with E-state index < -0.39 is 23.6 Å².